The van der Waals surface area contributed by atoms with Crippen LogP contribution in [0.4, 0.5) is 0 Å². The van der Waals surface area contributed by atoms with Gasteiger partial charge in [0.05, 0.1) is 11.9 Å². The number of aryl methyl sites for hydroxylation is 1. The van der Waals surface area contributed by atoms with Crippen molar-refractivity contribution in [2.75, 3.05) is 6.54 Å². The maximum absolute atomic E-state index is 12.0. The Morgan fingerprint density at radius 2 is 2.25 bits per heavy atom. The maximum Gasteiger partial charge on any atom is 0.252 e. The first kappa shape index (κ1) is 15.1. The normalized spacial score (nSPS) is 10.5. The average Bonchev–Trinajstić information content (AvgIpc) is 2.91. The molecule has 106 valence electrons. The lowest BCUT2D eigenvalue weighted by Gasteiger charge is -2.07. The summed E-state index contributed by atoms with van der Waals surface area (Å²) < 4.78 is 2.73. The first-order chi connectivity index (χ1) is 9.66. The molecule has 0 saturated carbocycles. The van der Waals surface area contributed by atoms with Crippen LogP contribution in [0.1, 0.15) is 23.2 Å². The van der Waals surface area contributed by atoms with Gasteiger partial charge in [-0.15, -0.1) is 0 Å². The fourth-order valence-electron chi connectivity index (χ4n) is 1.81. The van der Waals surface area contributed by atoms with Crippen LogP contribution >= 0.6 is 27.5 Å². The summed E-state index contributed by atoms with van der Waals surface area (Å²) >= 11 is 9.19. The molecule has 0 atom stereocenters. The Labute approximate surface area is 131 Å². The van der Waals surface area contributed by atoms with Crippen LogP contribution in [0, 0.1) is 0 Å². The van der Waals surface area contributed by atoms with E-state index in [0.29, 0.717) is 21.6 Å². The number of nitrogens with one attached hydrogen (secondary N) is 1. The number of hydrogen-bond acceptors (Lipinski definition) is 2. The molecule has 0 fully saturated rings. The van der Waals surface area contributed by atoms with Crippen LogP contribution in [0.25, 0.3) is 0 Å². The van der Waals surface area contributed by atoms with Gasteiger partial charge in [-0.1, -0.05) is 11.6 Å². The molecule has 0 aliphatic heterocycles. The Balaban J connectivity index is 1.72. The molecule has 0 bridgehead atoms. The first-order valence-corrected chi connectivity index (χ1v) is 7.53. The third kappa shape index (κ3) is 4.35. The number of amides is 1. The second-order valence-electron chi connectivity index (χ2n) is 4.39. The van der Waals surface area contributed by atoms with Crippen LogP contribution in [0.3, 0.4) is 0 Å². The molecule has 1 amide bonds. The Morgan fingerprint density at radius 1 is 1.40 bits per heavy atom. The van der Waals surface area contributed by atoms with Gasteiger partial charge in [-0.25, -0.2) is 4.98 Å². The van der Waals surface area contributed by atoms with Crippen molar-refractivity contribution in [1.82, 2.24) is 14.9 Å². The molecule has 0 aliphatic carbocycles. The fraction of sp³-hybridized carbons (Fsp3) is 0.286. The largest absolute Gasteiger partial charge is 0.352 e. The monoisotopic (exact) mass is 355 g/mol. The first-order valence-electron chi connectivity index (χ1n) is 6.36. The molecule has 1 aromatic heterocycles. The van der Waals surface area contributed by atoms with E-state index >= 15 is 0 Å². The second kappa shape index (κ2) is 7.45. The molecule has 0 unspecified atom stereocenters. The Hall–Kier alpha value is -1.33. The summed E-state index contributed by atoms with van der Waals surface area (Å²) in [4.78, 5) is 16.0. The van der Waals surface area contributed by atoms with Crippen LogP contribution < -0.4 is 5.32 Å². The van der Waals surface area contributed by atoms with E-state index < -0.39 is 0 Å². The zero-order valence-corrected chi connectivity index (χ0v) is 13.2. The molecule has 0 aliphatic rings. The standard InChI is InChI=1S/C14H15BrClN3O/c15-13-9-11(16)3-4-12(13)14(20)18-5-1-2-7-19-8-6-17-10-19/h3-4,6,8-10H,1-2,5,7H2,(H,18,20). The van der Waals surface area contributed by atoms with E-state index in [4.69, 9.17) is 11.6 Å². The quantitative estimate of drug-likeness (QED) is 0.805. The number of nitrogens with zero attached hydrogens (tertiary/aromatic N) is 2. The van der Waals surface area contributed by atoms with E-state index in [1.165, 1.54) is 0 Å². The van der Waals surface area contributed by atoms with E-state index in [2.05, 4.69) is 26.2 Å². The summed E-state index contributed by atoms with van der Waals surface area (Å²) in [7, 11) is 0. The van der Waals surface area contributed by atoms with E-state index in [-0.39, 0.29) is 5.91 Å². The van der Waals surface area contributed by atoms with E-state index in [0.717, 1.165) is 19.4 Å². The number of benzene rings is 1. The van der Waals surface area contributed by atoms with Crippen molar-refractivity contribution in [2.24, 2.45) is 0 Å². The molecule has 1 heterocycles. The van der Waals surface area contributed by atoms with Gasteiger partial charge in [-0.2, -0.15) is 0 Å². The van der Waals surface area contributed by atoms with E-state index in [9.17, 15) is 4.79 Å². The summed E-state index contributed by atoms with van der Waals surface area (Å²) in [5.74, 6) is -0.0869. The molecule has 2 aromatic rings. The van der Waals surface area contributed by atoms with Gasteiger partial charge in [0.2, 0.25) is 0 Å². The second-order valence-corrected chi connectivity index (χ2v) is 5.68. The molecule has 20 heavy (non-hydrogen) atoms. The lowest BCUT2D eigenvalue weighted by atomic mass is 10.2. The van der Waals surface area contributed by atoms with Gasteiger partial charge in [0.1, 0.15) is 0 Å². The smallest absolute Gasteiger partial charge is 0.252 e. The fourth-order valence-corrected chi connectivity index (χ4v) is 2.67. The number of imidazole rings is 1. The minimum absolute atomic E-state index is 0.0869. The summed E-state index contributed by atoms with van der Waals surface area (Å²) in [5.41, 5.74) is 0.601. The van der Waals surface area contributed by atoms with Crippen LogP contribution in [0.5, 0.6) is 0 Å². The predicted molar refractivity (Wildman–Crippen MR) is 82.9 cm³/mol. The third-order valence-electron chi connectivity index (χ3n) is 2.86. The Morgan fingerprint density at radius 3 is 2.95 bits per heavy atom. The van der Waals surface area contributed by atoms with Crippen molar-refractivity contribution in [3.63, 3.8) is 0 Å². The summed E-state index contributed by atoms with van der Waals surface area (Å²) in [6.07, 6.45) is 7.42. The average molecular weight is 357 g/mol. The molecule has 4 nitrogen and oxygen atoms in total. The van der Waals surface area contributed by atoms with Crippen LogP contribution in [0.15, 0.2) is 41.4 Å². The Bertz CT molecular complexity index is 572. The van der Waals surface area contributed by atoms with Crippen molar-refractivity contribution in [3.8, 4) is 0 Å². The molecule has 1 aromatic carbocycles. The molecule has 2 rings (SSSR count). The van der Waals surface area contributed by atoms with Gasteiger partial charge in [0.15, 0.2) is 0 Å². The predicted octanol–water partition coefficient (Wildman–Crippen LogP) is 3.51. The number of halogens is 2. The molecule has 0 radical (unpaired) electrons. The molecular weight excluding hydrogens is 342 g/mol. The molecule has 1 N–H and O–H groups in total. The van der Waals surface area contributed by atoms with Crippen LogP contribution in [0.2, 0.25) is 5.02 Å². The lowest BCUT2D eigenvalue weighted by Crippen LogP contribution is -2.24. The van der Waals surface area contributed by atoms with Crippen molar-refractivity contribution in [2.45, 2.75) is 19.4 Å². The van der Waals surface area contributed by atoms with Crippen LogP contribution in [-0.2, 0) is 6.54 Å². The number of rotatable bonds is 6. The number of unbranched alkanes of at least 4 members (excludes halogenated alkanes) is 1. The van der Waals surface area contributed by atoms with Gasteiger partial charge in [-0.3, -0.25) is 4.79 Å². The highest BCUT2D eigenvalue weighted by Gasteiger charge is 2.09. The zero-order valence-electron chi connectivity index (χ0n) is 10.9. The van der Waals surface area contributed by atoms with Gasteiger partial charge >= 0.3 is 0 Å². The molecule has 0 spiro atoms. The van der Waals surface area contributed by atoms with Crippen molar-refractivity contribution in [3.05, 3.63) is 52.0 Å². The summed E-state index contributed by atoms with van der Waals surface area (Å²) in [6, 6.07) is 5.14. The van der Waals surface area contributed by atoms with Gasteiger partial charge in [0.25, 0.3) is 5.91 Å². The van der Waals surface area contributed by atoms with Crippen molar-refractivity contribution in [1.29, 1.82) is 0 Å². The molecular formula is C14H15BrClN3O. The van der Waals surface area contributed by atoms with Crippen molar-refractivity contribution < 1.29 is 4.79 Å². The topological polar surface area (TPSA) is 46.9 Å². The zero-order chi connectivity index (χ0) is 14.4. The van der Waals surface area contributed by atoms with Crippen LogP contribution in [-0.4, -0.2) is 22.0 Å². The summed E-state index contributed by atoms with van der Waals surface area (Å²) in [6.45, 7) is 1.57. The minimum Gasteiger partial charge on any atom is -0.352 e. The van der Waals surface area contributed by atoms with Gasteiger partial charge < -0.3 is 9.88 Å². The van der Waals surface area contributed by atoms with Crippen molar-refractivity contribution >= 4 is 33.4 Å². The lowest BCUT2D eigenvalue weighted by molar-refractivity contribution is 0.0952. The number of carbonyl (C=O) groups excluding carboxylic acids is 1. The highest BCUT2D eigenvalue weighted by Crippen LogP contribution is 2.21. The SMILES string of the molecule is O=C(NCCCCn1ccnc1)c1ccc(Cl)cc1Br. The highest BCUT2D eigenvalue weighted by atomic mass is 79.9. The van der Waals surface area contributed by atoms with Gasteiger partial charge in [-0.05, 0) is 47.0 Å². The molecule has 6 heteroatoms. The number of hydrogen-bond donors (Lipinski definition) is 1. The van der Waals surface area contributed by atoms with Gasteiger partial charge in [0, 0.05) is 35.0 Å². The number of aromatic nitrogens is 2. The minimum atomic E-state index is -0.0869. The number of carbonyl (C=O) groups is 1. The maximum atomic E-state index is 12.0. The summed E-state index contributed by atoms with van der Waals surface area (Å²) in [5, 5.41) is 3.51. The Kier molecular flexibility index (Phi) is 5.61. The highest BCUT2D eigenvalue weighted by molar-refractivity contribution is 9.10. The van der Waals surface area contributed by atoms with E-state index in [1.54, 1.807) is 30.7 Å². The third-order valence-corrected chi connectivity index (χ3v) is 3.75. The molecule has 0 saturated heterocycles. The van der Waals surface area contributed by atoms with E-state index in [1.807, 2.05) is 10.8 Å².